The van der Waals surface area contributed by atoms with E-state index in [4.69, 9.17) is 4.74 Å². The summed E-state index contributed by atoms with van der Waals surface area (Å²) in [7, 11) is -3.67. The number of hydrogen-bond donors (Lipinski definition) is 1. The van der Waals surface area contributed by atoms with Crippen molar-refractivity contribution in [3.05, 3.63) is 59.2 Å². The van der Waals surface area contributed by atoms with Crippen LogP contribution in [-0.2, 0) is 21.4 Å². The van der Waals surface area contributed by atoms with Crippen molar-refractivity contribution in [1.82, 2.24) is 0 Å². The molecule has 2 aromatic rings. The molecule has 21 heavy (non-hydrogen) atoms. The molecule has 0 radical (unpaired) electrons. The Balaban J connectivity index is 1.93. The zero-order valence-electron chi connectivity index (χ0n) is 11.3. The summed E-state index contributed by atoms with van der Waals surface area (Å²) in [6, 6.07) is 11.4. The first-order chi connectivity index (χ1) is 9.95. The SMILES string of the molecule is Cc1cccc(S(=O)(=O)Nc2ccc3c(c2)C(=O)OC3)c1. The van der Waals surface area contributed by atoms with Crippen LogP contribution < -0.4 is 4.72 Å². The zero-order chi connectivity index (χ0) is 15.0. The maximum Gasteiger partial charge on any atom is 0.338 e. The van der Waals surface area contributed by atoms with Crippen LogP contribution >= 0.6 is 0 Å². The topological polar surface area (TPSA) is 72.5 Å². The minimum atomic E-state index is -3.67. The Hall–Kier alpha value is -2.34. The zero-order valence-corrected chi connectivity index (χ0v) is 12.1. The Morgan fingerprint density at radius 3 is 2.71 bits per heavy atom. The molecule has 0 saturated heterocycles. The van der Waals surface area contributed by atoms with Gasteiger partial charge in [0.2, 0.25) is 0 Å². The minimum absolute atomic E-state index is 0.186. The summed E-state index contributed by atoms with van der Waals surface area (Å²) in [4.78, 5) is 11.7. The van der Waals surface area contributed by atoms with Gasteiger partial charge in [0.1, 0.15) is 6.61 Å². The van der Waals surface area contributed by atoms with Crippen LogP contribution in [0.2, 0.25) is 0 Å². The molecule has 3 rings (SSSR count). The smallest absolute Gasteiger partial charge is 0.338 e. The summed E-state index contributed by atoms with van der Waals surface area (Å²) < 4.78 is 32.0. The standard InChI is InChI=1S/C15H13NO4S/c1-10-3-2-4-13(7-10)21(18,19)16-12-6-5-11-9-20-15(17)14(11)8-12/h2-8,16H,9H2,1H3. The van der Waals surface area contributed by atoms with Crippen molar-refractivity contribution >= 4 is 21.7 Å². The summed E-state index contributed by atoms with van der Waals surface area (Å²) >= 11 is 0. The normalized spacial score (nSPS) is 13.7. The minimum Gasteiger partial charge on any atom is -0.457 e. The van der Waals surface area contributed by atoms with Crippen LogP contribution in [0.15, 0.2) is 47.4 Å². The highest BCUT2D eigenvalue weighted by Crippen LogP contribution is 2.25. The Bertz CT molecular complexity index is 827. The molecule has 0 saturated carbocycles. The van der Waals surface area contributed by atoms with Crippen molar-refractivity contribution in [2.75, 3.05) is 4.72 Å². The number of sulfonamides is 1. The van der Waals surface area contributed by atoms with E-state index >= 15 is 0 Å². The number of carbonyl (C=O) groups is 1. The van der Waals surface area contributed by atoms with Crippen LogP contribution in [-0.4, -0.2) is 14.4 Å². The molecular weight excluding hydrogens is 290 g/mol. The lowest BCUT2D eigenvalue weighted by Crippen LogP contribution is -2.13. The van der Waals surface area contributed by atoms with Gasteiger partial charge in [0, 0.05) is 11.3 Å². The van der Waals surface area contributed by atoms with E-state index in [9.17, 15) is 13.2 Å². The molecule has 0 amide bonds. The lowest BCUT2D eigenvalue weighted by molar-refractivity contribution is 0.0535. The van der Waals surface area contributed by atoms with Gasteiger partial charge in [-0.25, -0.2) is 13.2 Å². The summed E-state index contributed by atoms with van der Waals surface area (Å²) in [5.74, 6) is -0.429. The first-order valence-corrected chi connectivity index (χ1v) is 7.83. The van der Waals surface area contributed by atoms with Gasteiger partial charge in [0.15, 0.2) is 0 Å². The number of fused-ring (bicyclic) bond motifs is 1. The van der Waals surface area contributed by atoms with E-state index < -0.39 is 16.0 Å². The van der Waals surface area contributed by atoms with Gasteiger partial charge >= 0.3 is 5.97 Å². The number of hydrogen-bond acceptors (Lipinski definition) is 4. The molecule has 0 fully saturated rings. The van der Waals surface area contributed by atoms with Crippen molar-refractivity contribution in [3.8, 4) is 0 Å². The van der Waals surface area contributed by atoms with Gasteiger partial charge in [0.25, 0.3) is 10.0 Å². The summed E-state index contributed by atoms with van der Waals surface area (Å²) in [5, 5.41) is 0. The molecule has 1 N–H and O–H groups in total. The van der Waals surface area contributed by atoms with Crippen molar-refractivity contribution in [2.45, 2.75) is 18.4 Å². The van der Waals surface area contributed by atoms with Crippen molar-refractivity contribution in [1.29, 1.82) is 0 Å². The molecule has 0 bridgehead atoms. The van der Waals surface area contributed by atoms with Crippen molar-refractivity contribution < 1.29 is 17.9 Å². The average Bonchev–Trinajstić information content (AvgIpc) is 2.80. The Labute approximate surface area is 122 Å². The summed E-state index contributed by atoms with van der Waals surface area (Å²) in [6.07, 6.45) is 0. The highest BCUT2D eigenvalue weighted by atomic mass is 32.2. The van der Waals surface area contributed by atoms with Gasteiger partial charge in [-0.3, -0.25) is 4.72 Å². The van der Waals surface area contributed by atoms with Crippen molar-refractivity contribution in [3.63, 3.8) is 0 Å². The van der Waals surface area contributed by atoms with Gasteiger partial charge < -0.3 is 4.74 Å². The lowest BCUT2D eigenvalue weighted by atomic mass is 10.1. The lowest BCUT2D eigenvalue weighted by Gasteiger charge is -2.09. The molecule has 0 spiro atoms. The third-order valence-electron chi connectivity index (χ3n) is 3.24. The van der Waals surface area contributed by atoms with E-state index in [2.05, 4.69) is 4.72 Å². The van der Waals surface area contributed by atoms with Gasteiger partial charge in [-0.05, 0) is 36.8 Å². The van der Waals surface area contributed by atoms with Crippen LogP contribution in [0.25, 0.3) is 0 Å². The maximum atomic E-state index is 12.3. The summed E-state index contributed by atoms with van der Waals surface area (Å²) in [5.41, 5.74) is 2.36. The van der Waals surface area contributed by atoms with Crippen LogP contribution in [0.5, 0.6) is 0 Å². The van der Waals surface area contributed by atoms with Crippen LogP contribution in [0, 0.1) is 6.92 Å². The van der Waals surface area contributed by atoms with Crippen LogP contribution in [0.1, 0.15) is 21.5 Å². The number of benzene rings is 2. The molecule has 1 heterocycles. The second-order valence-electron chi connectivity index (χ2n) is 4.87. The number of esters is 1. The third-order valence-corrected chi connectivity index (χ3v) is 4.62. The number of rotatable bonds is 3. The summed E-state index contributed by atoms with van der Waals surface area (Å²) in [6.45, 7) is 2.06. The first-order valence-electron chi connectivity index (χ1n) is 6.35. The van der Waals surface area contributed by atoms with Gasteiger partial charge in [-0.2, -0.15) is 0 Å². The van der Waals surface area contributed by atoms with E-state index in [1.54, 1.807) is 24.3 Å². The van der Waals surface area contributed by atoms with Gasteiger partial charge in [-0.1, -0.05) is 18.2 Å². The molecule has 2 aromatic carbocycles. The molecule has 0 aromatic heterocycles. The second kappa shape index (κ2) is 4.89. The number of cyclic esters (lactones) is 1. The maximum absolute atomic E-state index is 12.3. The molecule has 0 unspecified atom stereocenters. The van der Waals surface area contributed by atoms with E-state index in [0.29, 0.717) is 11.3 Å². The number of nitrogens with one attached hydrogen (secondary N) is 1. The quantitative estimate of drug-likeness (QED) is 0.884. The number of aryl methyl sites for hydroxylation is 1. The average molecular weight is 303 g/mol. The Morgan fingerprint density at radius 2 is 1.95 bits per heavy atom. The Kier molecular flexibility index (Phi) is 3.17. The fraction of sp³-hybridized carbons (Fsp3) is 0.133. The predicted octanol–water partition coefficient (Wildman–Crippen LogP) is 2.47. The second-order valence-corrected chi connectivity index (χ2v) is 6.55. The number of ether oxygens (including phenoxy) is 1. The van der Waals surface area contributed by atoms with E-state index in [-0.39, 0.29) is 11.5 Å². The third kappa shape index (κ3) is 2.62. The molecular formula is C15H13NO4S. The highest BCUT2D eigenvalue weighted by Gasteiger charge is 2.22. The molecule has 6 heteroatoms. The molecule has 108 valence electrons. The molecule has 5 nitrogen and oxygen atoms in total. The molecule has 1 aliphatic heterocycles. The molecule has 0 aliphatic carbocycles. The number of anilines is 1. The first kappa shape index (κ1) is 13.6. The largest absolute Gasteiger partial charge is 0.457 e. The van der Waals surface area contributed by atoms with Crippen molar-refractivity contribution in [2.24, 2.45) is 0 Å². The monoisotopic (exact) mass is 303 g/mol. The molecule has 1 aliphatic rings. The van der Waals surface area contributed by atoms with E-state index in [1.807, 2.05) is 13.0 Å². The Morgan fingerprint density at radius 1 is 1.14 bits per heavy atom. The fourth-order valence-corrected chi connectivity index (χ4v) is 3.33. The van der Waals surface area contributed by atoms with Gasteiger partial charge in [0.05, 0.1) is 10.5 Å². The van der Waals surface area contributed by atoms with E-state index in [1.165, 1.54) is 12.1 Å². The molecule has 0 atom stereocenters. The van der Waals surface area contributed by atoms with Gasteiger partial charge in [-0.15, -0.1) is 0 Å². The number of carbonyl (C=O) groups excluding carboxylic acids is 1. The van der Waals surface area contributed by atoms with Crippen LogP contribution in [0.3, 0.4) is 0 Å². The fourth-order valence-electron chi connectivity index (χ4n) is 2.17. The van der Waals surface area contributed by atoms with E-state index in [0.717, 1.165) is 11.1 Å². The van der Waals surface area contributed by atoms with Crippen LogP contribution in [0.4, 0.5) is 5.69 Å². The predicted molar refractivity (Wildman–Crippen MR) is 77.5 cm³/mol. The highest BCUT2D eigenvalue weighted by molar-refractivity contribution is 7.92.